The Balaban J connectivity index is 1.62. The summed E-state index contributed by atoms with van der Waals surface area (Å²) in [6.07, 6.45) is 0.792. The van der Waals surface area contributed by atoms with Gasteiger partial charge in [-0.2, -0.15) is 11.8 Å². The third-order valence-corrected chi connectivity index (χ3v) is 7.31. The van der Waals surface area contributed by atoms with E-state index in [1.165, 1.54) is 12.1 Å². The minimum absolute atomic E-state index is 0.0611. The van der Waals surface area contributed by atoms with Crippen molar-refractivity contribution in [1.29, 1.82) is 0 Å². The molecular formula is C26H27FN2O3S. The fourth-order valence-corrected chi connectivity index (χ4v) is 5.70. The summed E-state index contributed by atoms with van der Waals surface area (Å²) in [4.78, 5) is 19.3. The number of aliphatic hydroxyl groups is 1. The molecule has 172 valence electrons. The second-order valence-electron chi connectivity index (χ2n) is 8.66. The van der Waals surface area contributed by atoms with Gasteiger partial charge in [0.2, 0.25) is 0 Å². The number of aliphatic hydroxyl groups excluding tert-OH is 1. The average molecular weight is 467 g/mol. The summed E-state index contributed by atoms with van der Waals surface area (Å²) >= 11 is 1.95. The number of fused-ring (bicyclic) bond motifs is 1. The van der Waals surface area contributed by atoms with Crippen molar-refractivity contribution in [2.45, 2.75) is 37.9 Å². The number of carbonyl (C=O) groups excluding carboxylic acids is 1. The number of benzene rings is 2. The predicted molar refractivity (Wildman–Crippen MR) is 130 cm³/mol. The molecule has 0 aliphatic carbocycles. The lowest BCUT2D eigenvalue weighted by molar-refractivity contribution is -0.160. The molecule has 0 amide bonds. The number of para-hydroxylation sites is 1. The van der Waals surface area contributed by atoms with E-state index in [1.807, 2.05) is 42.1 Å². The van der Waals surface area contributed by atoms with Crippen LogP contribution in [-0.4, -0.2) is 52.9 Å². The lowest BCUT2D eigenvalue weighted by Crippen LogP contribution is -2.35. The molecule has 1 aromatic heterocycles. The minimum atomic E-state index is -0.652. The number of carbonyl (C=O) groups is 1. The molecule has 3 heterocycles. The van der Waals surface area contributed by atoms with Gasteiger partial charge < -0.3 is 14.7 Å². The molecule has 3 aromatic rings. The fraction of sp³-hybridized carbons (Fsp3) is 0.385. The van der Waals surface area contributed by atoms with Gasteiger partial charge in [-0.05, 0) is 42.2 Å². The van der Waals surface area contributed by atoms with Crippen LogP contribution in [0.15, 0.2) is 48.5 Å². The maximum Gasteiger partial charge on any atom is 0.308 e. The standard InChI is InChI=1S/C26H27FN2O3S/c27-18-7-5-17(6-8-18)25-21-3-1-2-4-23(21)28-26(29-11-13-33-14-12-29)22(25)10-9-20-15-19(30)16-24(31)32-20/h1-8,19-20,30H,9-16H2/t19-,20+/m0/s1. The highest BCUT2D eigenvalue weighted by molar-refractivity contribution is 7.99. The molecular weight excluding hydrogens is 439 g/mol. The Morgan fingerprint density at radius 2 is 1.88 bits per heavy atom. The first-order valence-electron chi connectivity index (χ1n) is 11.5. The monoisotopic (exact) mass is 466 g/mol. The Morgan fingerprint density at radius 3 is 2.64 bits per heavy atom. The van der Waals surface area contributed by atoms with Crippen molar-refractivity contribution in [2.75, 3.05) is 29.5 Å². The van der Waals surface area contributed by atoms with Crippen LogP contribution in [0, 0.1) is 5.82 Å². The van der Waals surface area contributed by atoms with Crippen molar-refractivity contribution < 1.29 is 19.0 Å². The number of aromatic nitrogens is 1. The Labute approximate surface area is 197 Å². The largest absolute Gasteiger partial charge is 0.462 e. The molecule has 7 heteroatoms. The molecule has 5 rings (SSSR count). The highest BCUT2D eigenvalue weighted by Gasteiger charge is 2.29. The van der Waals surface area contributed by atoms with Crippen LogP contribution in [0.1, 0.15) is 24.8 Å². The summed E-state index contributed by atoms with van der Waals surface area (Å²) in [5.74, 6) is 2.44. The van der Waals surface area contributed by atoms with E-state index in [2.05, 4.69) is 11.0 Å². The average Bonchev–Trinajstić information content (AvgIpc) is 2.82. The first-order chi connectivity index (χ1) is 16.1. The number of halogens is 1. The van der Waals surface area contributed by atoms with Gasteiger partial charge in [-0.15, -0.1) is 0 Å². The van der Waals surface area contributed by atoms with Crippen LogP contribution in [0.25, 0.3) is 22.0 Å². The maximum atomic E-state index is 13.8. The van der Waals surface area contributed by atoms with E-state index in [1.54, 1.807) is 0 Å². The molecule has 0 saturated carbocycles. The molecule has 2 aliphatic heterocycles. The number of hydrogen-bond acceptors (Lipinski definition) is 6. The van der Waals surface area contributed by atoms with Crippen LogP contribution in [-0.2, 0) is 16.0 Å². The van der Waals surface area contributed by atoms with Crippen LogP contribution in [0.3, 0.4) is 0 Å². The Morgan fingerprint density at radius 1 is 1.12 bits per heavy atom. The summed E-state index contributed by atoms with van der Waals surface area (Å²) in [6.45, 7) is 1.84. The number of pyridine rings is 1. The van der Waals surface area contributed by atoms with Gasteiger partial charge in [-0.1, -0.05) is 30.3 Å². The molecule has 0 bridgehead atoms. The predicted octanol–water partition coefficient (Wildman–Crippen LogP) is 4.59. The fourth-order valence-electron chi connectivity index (χ4n) is 4.80. The van der Waals surface area contributed by atoms with Crippen molar-refractivity contribution in [3.8, 4) is 11.1 Å². The lowest BCUT2D eigenvalue weighted by atomic mass is 9.91. The number of cyclic esters (lactones) is 1. The second kappa shape index (κ2) is 9.69. The number of anilines is 1. The van der Waals surface area contributed by atoms with Gasteiger partial charge >= 0.3 is 5.97 Å². The van der Waals surface area contributed by atoms with E-state index < -0.39 is 6.10 Å². The quantitative estimate of drug-likeness (QED) is 0.555. The van der Waals surface area contributed by atoms with E-state index >= 15 is 0 Å². The van der Waals surface area contributed by atoms with E-state index in [0.29, 0.717) is 19.3 Å². The van der Waals surface area contributed by atoms with Crippen LogP contribution in [0.4, 0.5) is 10.2 Å². The molecule has 2 atom stereocenters. The molecule has 0 unspecified atom stereocenters. The molecule has 0 radical (unpaired) electrons. The third kappa shape index (κ3) is 4.84. The van der Waals surface area contributed by atoms with Gasteiger partial charge in [-0.3, -0.25) is 4.79 Å². The number of ether oxygens (including phenoxy) is 1. The number of hydrogen-bond donors (Lipinski definition) is 1. The van der Waals surface area contributed by atoms with Crippen LogP contribution in [0.2, 0.25) is 0 Å². The normalized spacial score (nSPS) is 21.3. The topological polar surface area (TPSA) is 62.7 Å². The van der Waals surface area contributed by atoms with E-state index in [9.17, 15) is 14.3 Å². The number of thioether (sulfide) groups is 1. The molecule has 2 aliphatic rings. The second-order valence-corrected chi connectivity index (χ2v) is 9.88. The first kappa shape index (κ1) is 22.2. The first-order valence-corrected chi connectivity index (χ1v) is 12.6. The molecule has 0 spiro atoms. The SMILES string of the molecule is O=C1C[C@@H](O)C[C@@H](CCc2c(N3CCSCC3)nc3ccccc3c2-c2ccc(F)cc2)O1. The summed E-state index contributed by atoms with van der Waals surface area (Å²) in [7, 11) is 0. The van der Waals surface area contributed by atoms with Crippen molar-refractivity contribution >= 4 is 34.5 Å². The Bertz CT molecular complexity index is 1150. The van der Waals surface area contributed by atoms with Crippen molar-refractivity contribution in [1.82, 2.24) is 4.98 Å². The summed E-state index contributed by atoms with van der Waals surface area (Å²) in [6, 6.07) is 14.7. The third-order valence-electron chi connectivity index (χ3n) is 6.37. The highest BCUT2D eigenvalue weighted by atomic mass is 32.2. The molecule has 2 saturated heterocycles. The molecule has 1 N–H and O–H groups in total. The Kier molecular flexibility index (Phi) is 6.51. The zero-order valence-corrected chi connectivity index (χ0v) is 19.2. The molecule has 2 aromatic carbocycles. The van der Waals surface area contributed by atoms with Crippen molar-refractivity contribution in [3.63, 3.8) is 0 Å². The minimum Gasteiger partial charge on any atom is -0.462 e. The highest BCUT2D eigenvalue weighted by Crippen LogP contribution is 2.38. The van der Waals surface area contributed by atoms with Crippen molar-refractivity contribution in [2.24, 2.45) is 0 Å². The zero-order valence-electron chi connectivity index (χ0n) is 18.4. The van der Waals surface area contributed by atoms with Gasteiger partial charge in [-0.25, -0.2) is 9.37 Å². The maximum absolute atomic E-state index is 13.8. The zero-order chi connectivity index (χ0) is 22.8. The number of esters is 1. The summed E-state index contributed by atoms with van der Waals surface area (Å²) in [5, 5.41) is 11.1. The smallest absolute Gasteiger partial charge is 0.308 e. The van der Waals surface area contributed by atoms with Gasteiger partial charge in [0, 0.05) is 42.0 Å². The lowest BCUT2D eigenvalue weighted by Gasteiger charge is -2.32. The Hall–Kier alpha value is -2.64. The van der Waals surface area contributed by atoms with Gasteiger partial charge in [0.25, 0.3) is 0 Å². The van der Waals surface area contributed by atoms with Crippen LogP contribution < -0.4 is 4.90 Å². The molecule has 2 fully saturated rings. The van der Waals surface area contributed by atoms with Gasteiger partial charge in [0.05, 0.1) is 18.0 Å². The summed E-state index contributed by atoms with van der Waals surface area (Å²) in [5.41, 5.74) is 3.99. The van der Waals surface area contributed by atoms with Crippen LogP contribution in [0.5, 0.6) is 0 Å². The van der Waals surface area contributed by atoms with E-state index in [4.69, 9.17) is 9.72 Å². The van der Waals surface area contributed by atoms with Gasteiger partial charge in [0.15, 0.2) is 0 Å². The number of rotatable bonds is 5. The van der Waals surface area contributed by atoms with E-state index in [-0.39, 0.29) is 24.3 Å². The van der Waals surface area contributed by atoms with Crippen molar-refractivity contribution in [3.05, 3.63) is 59.9 Å². The molecule has 33 heavy (non-hydrogen) atoms. The number of nitrogens with zero attached hydrogens (tertiary/aromatic N) is 2. The molecule has 5 nitrogen and oxygen atoms in total. The van der Waals surface area contributed by atoms with Gasteiger partial charge in [0.1, 0.15) is 17.7 Å². The van der Waals surface area contributed by atoms with Crippen LogP contribution >= 0.6 is 11.8 Å². The summed E-state index contributed by atoms with van der Waals surface area (Å²) < 4.78 is 19.3. The van der Waals surface area contributed by atoms with E-state index in [0.717, 1.165) is 58.0 Å².